The highest BCUT2D eigenvalue weighted by molar-refractivity contribution is 5.90. The van der Waals surface area contributed by atoms with Crippen LogP contribution in [-0.2, 0) is 6.42 Å². The highest BCUT2D eigenvalue weighted by atomic mass is 16.7. The van der Waals surface area contributed by atoms with Crippen molar-refractivity contribution in [2.75, 3.05) is 44.8 Å². The molecular formula is C22H24N4O3. The summed E-state index contributed by atoms with van der Waals surface area (Å²) in [4.78, 5) is 20.2. The van der Waals surface area contributed by atoms with E-state index in [4.69, 9.17) is 9.47 Å². The van der Waals surface area contributed by atoms with E-state index in [1.54, 1.807) is 6.07 Å². The molecule has 2 aromatic carbocycles. The Balaban J connectivity index is 1.12. The Morgan fingerprint density at radius 3 is 2.76 bits per heavy atom. The van der Waals surface area contributed by atoms with Crippen LogP contribution in [0, 0.1) is 0 Å². The fourth-order valence-corrected chi connectivity index (χ4v) is 3.97. The number of rotatable bonds is 4. The molecule has 7 nitrogen and oxygen atoms in total. The molecule has 0 aliphatic carbocycles. The van der Waals surface area contributed by atoms with Crippen molar-refractivity contribution in [3.63, 3.8) is 0 Å². The summed E-state index contributed by atoms with van der Waals surface area (Å²) in [5.74, 6) is 1.39. The normalized spacial score (nSPS) is 16.3. The number of fused-ring (bicyclic) bond motifs is 2. The van der Waals surface area contributed by atoms with E-state index >= 15 is 0 Å². The first-order valence-corrected chi connectivity index (χ1v) is 9.99. The van der Waals surface area contributed by atoms with Gasteiger partial charge in [0.2, 0.25) is 6.79 Å². The number of benzene rings is 2. The lowest BCUT2D eigenvalue weighted by Gasteiger charge is -2.34. The number of nitrogens with zero attached hydrogens (tertiary/aromatic N) is 2. The molecule has 0 spiro atoms. The van der Waals surface area contributed by atoms with E-state index in [-0.39, 0.29) is 12.8 Å². The predicted octanol–water partition coefficient (Wildman–Crippen LogP) is 3.29. The number of urea groups is 1. The van der Waals surface area contributed by atoms with Gasteiger partial charge >= 0.3 is 6.03 Å². The van der Waals surface area contributed by atoms with E-state index in [0.717, 1.165) is 44.8 Å². The predicted molar refractivity (Wildman–Crippen MR) is 112 cm³/mol. The summed E-state index contributed by atoms with van der Waals surface area (Å²) >= 11 is 0. The molecule has 0 bridgehead atoms. The second-order valence-corrected chi connectivity index (χ2v) is 7.44. The van der Waals surface area contributed by atoms with Crippen molar-refractivity contribution in [3.8, 4) is 11.5 Å². The van der Waals surface area contributed by atoms with Crippen LogP contribution in [0.1, 0.15) is 5.56 Å². The minimum Gasteiger partial charge on any atom is -0.454 e. The molecule has 0 atom stereocenters. The first-order chi connectivity index (χ1) is 14.3. The molecule has 2 amide bonds. The maximum Gasteiger partial charge on any atom is 0.321 e. The number of nitrogens with one attached hydrogen (secondary N) is 2. The Morgan fingerprint density at radius 2 is 1.86 bits per heavy atom. The second-order valence-electron chi connectivity index (χ2n) is 7.44. The molecule has 5 rings (SSSR count). The third-order valence-corrected chi connectivity index (χ3v) is 5.66. The Morgan fingerprint density at radius 1 is 1.03 bits per heavy atom. The third kappa shape index (κ3) is 3.73. The Labute approximate surface area is 169 Å². The molecule has 29 heavy (non-hydrogen) atoms. The van der Waals surface area contributed by atoms with E-state index in [2.05, 4.69) is 45.7 Å². The summed E-state index contributed by atoms with van der Waals surface area (Å²) in [6.07, 6.45) is 3.12. The van der Waals surface area contributed by atoms with Gasteiger partial charge in [0.25, 0.3) is 0 Å². The quantitative estimate of drug-likeness (QED) is 0.715. The first kappa shape index (κ1) is 17.9. The van der Waals surface area contributed by atoms with Gasteiger partial charge in [-0.3, -0.25) is 4.90 Å². The number of hydrogen-bond donors (Lipinski definition) is 2. The van der Waals surface area contributed by atoms with Crippen LogP contribution in [0.5, 0.6) is 11.5 Å². The summed E-state index contributed by atoms with van der Waals surface area (Å²) < 4.78 is 10.7. The van der Waals surface area contributed by atoms with E-state index in [9.17, 15) is 4.79 Å². The molecule has 1 aromatic heterocycles. The van der Waals surface area contributed by atoms with Gasteiger partial charge < -0.3 is 24.7 Å². The number of aromatic amines is 1. The first-order valence-electron chi connectivity index (χ1n) is 9.99. The number of ether oxygens (including phenoxy) is 2. The van der Waals surface area contributed by atoms with Gasteiger partial charge in [-0.15, -0.1) is 0 Å². The fourth-order valence-electron chi connectivity index (χ4n) is 3.97. The maximum absolute atomic E-state index is 12.6. The molecule has 3 heterocycles. The van der Waals surface area contributed by atoms with E-state index in [0.29, 0.717) is 11.5 Å². The molecule has 150 valence electrons. The number of carbonyl (C=O) groups excluding carboxylic acids is 1. The molecule has 2 N–H and O–H groups in total. The summed E-state index contributed by atoms with van der Waals surface area (Å²) in [5, 5.41) is 4.26. The Hall–Kier alpha value is -3.19. The number of piperazine rings is 1. The van der Waals surface area contributed by atoms with Crippen LogP contribution in [0.15, 0.2) is 48.7 Å². The number of hydrogen-bond acceptors (Lipinski definition) is 4. The van der Waals surface area contributed by atoms with Crippen LogP contribution in [0.2, 0.25) is 0 Å². The fraction of sp³-hybridized carbons (Fsp3) is 0.318. The van der Waals surface area contributed by atoms with Gasteiger partial charge in [-0.25, -0.2) is 4.79 Å². The zero-order valence-corrected chi connectivity index (χ0v) is 16.2. The van der Waals surface area contributed by atoms with E-state index in [1.165, 1.54) is 16.5 Å². The molecule has 3 aromatic rings. The van der Waals surface area contributed by atoms with E-state index < -0.39 is 0 Å². The monoisotopic (exact) mass is 392 g/mol. The highest BCUT2D eigenvalue weighted by Crippen LogP contribution is 2.34. The van der Waals surface area contributed by atoms with Crippen molar-refractivity contribution in [2.24, 2.45) is 0 Å². The van der Waals surface area contributed by atoms with Gasteiger partial charge in [-0.1, -0.05) is 18.2 Å². The zero-order valence-electron chi connectivity index (χ0n) is 16.2. The number of amides is 2. The SMILES string of the molecule is O=C(Nc1ccc2c(c1)OCO2)N1CCN(CCc2c[nH]c3ccccc23)CC1. The van der Waals surface area contributed by atoms with Gasteiger partial charge in [-0.2, -0.15) is 0 Å². The molecule has 2 aliphatic heterocycles. The smallest absolute Gasteiger partial charge is 0.321 e. The molecule has 1 fully saturated rings. The molecule has 0 radical (unpaired) electrons. The lowest BCUT2D eigenvalue weighted by atomic mass is 10.1. The summed E-state index contributed by atoms with van der Waals surface area (Å²) in [5.41, 5.74) is 3.26. The van der Waals surface area contributed by atoms with Crippen LogP contribution >= 0.6 is 0 Å². The number of carbonyl (C=O) groups is 1. The number of aromatic nitrogens is 1. The average molecular weight is 392 g/mol. The van der Waals surface area contributed by atoms with Gasteiger partial charge in [0, 0.05) is 61.6 Å². The lowest BCUT2D eigenvalue weighted by molar-refractivity contribution is 0.148. The topological polar surface area (TPSA) is 69.8 Å². The van der Waals surface area contributed by atoms with Crippen molar-refractivity contribution < 1.29 is 14.3 Å². The van der Waals surface area contributed by atoms with Crippen LogP contribution in [0.25, 0.3) is 10.9 Å². The standard InChI is InChI=1S/C22H24N4O3/c27-22(24-17-5-6-20-21(13-17)29-15-28-20)26-11-9-25(10-12-26)8-7-16-14-23-19-4-2-1-3-18(16)19/h1-6,13-14,23H,7-12,15H2,(H,24,27). The molecule has 0 unspecified atom stereocenters. The Kier molecular flexibility index (Phi) is 4.73. The molecule has 0 saturated carbocycles. The molecular weight excluding hydrogens is 368 g/mol. The minimum atomic E-state index is -0.0693. The van der Waals surface area contributed by atoms with Gasteiger partial charge in [-0.05, 0) is 30.2 Å². The highest BCUT2D eigenvalue weighted by Gasteiger charge is 2.22. The summed E-state index contributed by atoms with van der Waals surface area (Å²) in [6, 6.07) is 13.8. The largest absolute Gasteiger partial charge is 0.454 e. The maximum atomic E-state index is 12.6. The van der Waals surface area contributed by atoms with Crippen LogP contribution in [-0.4, -0.2) is 60.3 Å². The van der Waals surface area contributed by atoms with Crippen LogP contribution in [0.3, 0.4) is 0 Å². The molecule has 1 saturated heterocycles. The second kappa shape index (κ2) is 7.67. The Bertz CT molecular complexity index is 1020. The molecule has 2 aliphatic rings. The number of anilines is 1. The third-order valence-electron chi connectivity index (χ3n) is 5.66. The van der Waals surface area contributed by atoms with Crippen molar-refractivity contribution in [1.82, 2.24) is 14.8 Å². The van der Waals surface area contributed by atoms with Crippen molar-refractivity contribution in [3.05, 3.63) is 54.2 Å². The zero-order chi connectivity index (χ0) is 19.6. The number of H-pyrrole nitrogens is 1. The van der Waals surface area contributed by atoms with Crippen LogP contribution < -0.4 is 14.8 Å². The molecule has 7 heteroatoms. The summed E-state index contributed by atoms with van der Waals surface area (Å²) in [6.45, 7) is 4.45. The van der Waals surface area contributed by atoms with Gasteiger partial charge in [0.15, 0.2) is 11.5 Å². The number of para-hydroxylation sites is 1. The minimum absolute atomic E-state index is 0.0693. The van der Waals surface area contributed by atoms with E-state index in [1.807, 2.05) is 17.0 Å². The average Bonchev–Trinajstić information content (AvgIpc) is 3.39. The lowest BCUT2D eigenvalue weighted by Crippen LogP contribution is -2.50. The summed E-state index contributed by atoms with van der Waals surface area (Å²) in [7, 11) is 0. The van der Waals surface area contributed by atoms with Crippen molar-refractivity contribution in [2.45, 2.75) is 6.42 Å². The van der Waals surface area contributed by atoms with Gasteiger partial charge in [0.1, 0.15) is 0 Å². The van der Waals surface area contributed by atoms with Crippen LogP contribution in [0.4, 0.5) is 10.5 Å². The van der Waals surface area contributed by atoms with Crippen molar-refractivity contribution in [1.29, 1.82) is 0 Å². The van der Waals surface area contributed by atoms with Gasteiger partial charge in [0.05, 0.1) is 0 Å². The van der Waals surface area contributed by atoms with Crippen molar-refractivity contribution >= 4 is 22.6 Å².